The van der Waals surface area contributed by atoms with Gasteiger partial charge >= 0.3 is 6.03 Å². The molecule has 0 saturated carbocycles. The third-order valence-corrected chi connectivity index (χ3v) is 7.93. The number of nitrogens with zero attached hydrogens (tertiary/aromatic N) is 2. The second-order valence-corrected chi connectivity index (χ2v) is 12.2. The van der Waals surface area contributed by atoms with Gasteiger partial charge in [0.2, 0.25) is 5.91 Å². The average Bonchev–Trinajstić information content (AvgIpc) is 3.00. The highest BCUT2D eigenvalue weighted by Gasteiger charge is 2.25. The van der Waals surface area contributed by atoms with Gasteiger partial charge in [-0.15, -0.1) is 0 Å². The third-order valence-electron chi connectivity index (χ3n) is 7.93. The van der Waals surface area contributed by atoms with Gasteiger partial charge in [0, 0.05) is 18.8 Å². The van der Waals surface area contributed by atoms with Crippen LogP contribution < -0.4 is 10.7 Å². The number of carbonyl (C=O) groups excluding carboxylic acids is 2. The quantitative estimate of drug-likeness (QED) is 0.179. The van der Waals surface area contributed by atoms with E-state index in [9.17, 15) is 14.4 Å². The molecule has 0 saturated heterocycles. The number of rotatable bonds is 12. The van der Waals surface area contributed by atoms with Gasteiger partial charge in [0.1, 0.15) is 12.1 Å². The molecule has 0 aliphatic carbocycles. The predicted octanol–water partition coefficient (Wildman–Crippen LogP) is 8.21. The maximum absolute atomic E-state index is 14.0. The fourth-order valence-corrected chi connectivity index (χ4v) is 5.38. The van der Waals surface area contributed by atoms with Crippen LogP contribution in [0.3, 0.4) is 0 Å². The minimum atomic E-state index is -0.304. The van der Waals surface area contributed by atoms with Crippen molar-refractivity contribution in [3.8, 4) is 0 Å². The summed E-state index contributed by atoms with van der Waals surface area (Å²) in [4.78, 5) is 44.6. The molecule has 3 aromatic carbocycles. The lowest BCUT2D eigenvalue weighted by Crippen LogP contribution is -2.45. The molecule has 3 amide bonds. The first kappa shape index (κ1) is 32.5. The van der Waals surface area contributed by atoms with Gasteiger partial charge in [0.25, 0.3) is 0 Å². The molecular weight excluding hydrogens is 550 g/mol. The van der Waals surface area contributed by atoms with Crippen molar-refractivity contribution in [1.29, 1.82) is 0 Å². The molecule has 0 fully saturated rings. The van der Waals surface area contributed by atoms with Gasteiger partial charge in [-0.25, -0.2) is 4.79 Å². The van der Waals surface area contributed by atoms with E-state index in [0.717, 1.165) is 40.8 Å². The van der Waals surface area contributed by atoms with Gasteiger partial charge < -0.3 is 19.5 Å². The summed E-state index contributed by atoms with van der Waals surface area (Å²) >= 11 is 0. The van der Waals surface area contributed by atoms with Crippen molar-refractivity contribution in [1.82, 2.24) is 9.80 Å². The van der Waals surface area contributed by atoms with E-state index >= 15 is 0 Å². The fraction of sp³-hybridized carbons (Fsp3) is 0.378. The van der Waals surface area contributed by atoms with E-state index in [1.165, 1.54) is 6.26 Å². The molecule has 0 bridgehead atoms. The zero-order valence-corrected chi connectivity index (χ0v) is 26.9. The van der Waals surface area contributed by atoms with Crippen LogP contribution in [0.1, 0.15) is 87.1 Å². The summed E-state index contributed by atoms with van der Waals surface area (Å²) in [5.74, 6) is 0.187. The minimum Gasteiger partial charge on any atom is -0.464 e. The first-order chi connectivity index (χ1) is 21.1. The number of aryl methyl sites for hydroxylation is 1. The van der Waals surface area contributed by atoms with Crippen LogP contribution in [0.25, 0.3) is 11.0 Å². The van der Waals surface area contributed by atoms with Crippen molar-refractivity contribution in [2.45, 2.75) is 79.3 Å². The lowest BCUT2D eigenvalue weighted by atomic mass is 9.93. The van der Waals surface area contributed by atoms with E-state index in [2.05, 4.69) is 39.9 Å². The highest BCUT2D eigenvalue weighted by Crippen LogP contribution is 2.32. The number of fused-ring (bicyclic) bond motifs is 1. The van der Waals surface area contributed by atoms with Crippen LogP contribution >= 0.6 is 0 Å². The maximum atomic E-state index is 14.0. The first-order valence-corrected chi connectivity index (χ1v) is 15.6. The number of hydrogen-bond donors (Lipinski definition) is 1. The third kappa shape index (κ3) is 7.95. The molecule has 4 rings (SSSR count). The Kier molecular flexibility index (Phi) is 11.0. The Labute approximate surface area is 260 Å². The van der Waals surface area contributed by atoms with Crippen LogP contribution in [-0.2, 0) is 17.9 Å². The molecule has 1 aromatic heterocycles. The van der Waals surface area contributed by atoms with Crippen LogP contribution in [0.15, 0.2) is 82.2 Å². The maximum Gasteiger partial charge on any atom is 0.322 e. The topological polar surface area (TPSA) is 82.9 Å². The average molecular weight is 596 g/mol. The van der Waals surface area contributed by atoms with Crippen molar-refractivity contribution in [2.24, 2.45) is 0 Å². The number of nitrogens with one attached hydrogen (secondary N) is 1. The van der Waals surface area contributed by atoms with E-state index in [1.807, 2.05) is 67.6 Å². The van der Waals surface area contributed by atoms with Crippen molar-refractivity contribution >= 4 is 28.6 Å². The second-order valence-electron chi connectivity index (χ2n) is 12.2. The number of urea groups is 1. The number of benzene rings is 3. The Morgan fingerprint density at radius 1 is 0.864 bits per heavy atom. The molecule has 232 valence electrons. The van der Waals surface area contributed by atoms with Gasteiger partial charge in [0.15, 0.2) is 5.43 Å². The zero-order valence-electron chi connectivity index (χ0n) is 26.9. The Balaban J connectivity index is 1.64. The van der Waals surface area contributed by atoms with Gasteiger partial charge in [-0.3, -0.25) is 9.59 Å². The van der Waals surface area contributed by atoms with E-state index in [4.69, 9.17) is 4.42 Å². The van der Waals surface area contributed by atoms with Crippen LogP contribution in [0, 0.1) is 6.92 Å². The number of unbranched alkanes of at least 4 members (excludes halogenated alkanes) is 1. The lowest BCUT2D eigenvalue weighted by Gasteiger charge is -2.29. The standard InChI is InChI=1S/C37H45N3O4/c1-7-8-19-39(37(43)38-35-30(25(2)3)15-12-16-31(35)26(4)5)23-34(41)40(21-28-13-10-9-11-14-28)22-29-24-44-33-18-17-27(6)20-32(33)36(29)42/h9-18,20,24-26H,7-8,19,21-23H2,1-6H3,(H,38,43). The molecule has 4 aromatic rings. The molecule has 0 aliphatic rings. The first-order valence-electron chi connectivity index (χ1n) is 15.6. The van der Waals surface area contributed by atoms with Crippen LogP contribution in [0.5, 0.6) is 0 Å². The van der Waals surface area contributed by atoms with Gasteiger partial charge in [0.05, 0.1) is 23.8 Å². The summed E-state index contributed by atoms with van der Waals surface area (Å²) in [6, 6.07) is 21.0. The minimum absolute atomic E-state index is 0.0663. The smallest absolute Gasteiger partial charge is 0.322 e. The fourth-order valence-electron chi connectivity index (χ4n) is 5.38. The lowest BCUT2D eigenvalue weighted by molar-refractivity contribution is -0.133. The summed E-state index contributed by atoms with van der Waals surface area (Å²) in [6.45, 7) is 13.1. The highest BCUT2D eigenvalue weighted by molar-refractivity contribution is 5.94. The van der Waals surface area contributed by atoms with Gasteiger partial charge in [-0.1, -0.05) is 101 Å². The summed E-state index contributed by atoms with van der Waals surface area (Å²) in [6.07, 6.45) is 3.09. The Hall–Kier alpha value is -4.39. The molecule has 7 heteroatoms. The number of hydrogen-bond acceptors (Lipinski definition) is 4. The molecule has 44 heavy (non-hydrogen) atoms. The SMILES string of the molecule is CCCCN(CC(=O)N(Cc1ccccc1)Cc1coc2ccc(C)cc2c1=O)C(=O)Nc1c(C(C)C)cccc1C(C)C. The Morgan fingerprint density at radius 3 is 2.18 bits per heavy atom. The molecule has 0 aliphatic heterocycles. The van der Waals surface area contributed by atoms with Crippen LogP contribution in [0.2, 0.25) is 0 Å². The van der Waals surface area contributed by atoms with E-state index in [0.29, 0.717) is 29.6 Å². The summed E-state index contributed by atoms with van der Waals surface area (Å²) in [5.41, 5.74) is 5.58. The molecule has 1 heterocycles. The van der Waals surface area contributed by atoms with Crippen molar-refractivity contribution in [3.05, 3.63) is 111 Å². The molecule has 0 spiro atoms. The van der Waals surface area contributed by atoms with E-state index < -0.39 is 0 Å². The number of para-hydroxylation sites is 1. The van der Waals surface area contributed by atoms with Crippen molar-refractivity contribution in [3.63, 3.8) is 0 Å². The predicted molar refractivity (Wildman–Crippen MR) is 178 cm³/mol. The molecular formula is C37H45N3O4. The van der Waals surface area contributed by atoms with Gasteiger partial charge in [-0.05, 0) is 54.0 Å². The van der Waals surface area contributed by atoms with Crippen molar-refractivity contribution in [2.75, 3.05) is 18.4 Å². The molecule has 0 unspecified atom stereocenters. The Bertz CT molecular complexity index is 1620. The Morgan fingerprint density at radius 2 is 1.55 bits per heavy atom. The van der Waals surface area contributed by atoms with Crippen molar-refractivity contribution < 1.29 is 14.0 Å². The molecule has 7 nitrogen and oxygen atoms in total. The largest absolute Gasteiger partial charge is 0.464 e. The second kappa shape index (κ2) is 14.9. The number of anilines is 1. The zero-order chi connectivity index (χ0) is 31.8. The highest BCUT2D eigenvalue weighted by atomic mass is 16.3. The summed E-state index contributed by atoms with van der Waals surface area (Å²) in [7, 11) is 0. The summed E-state index contributed by atoms with van der Waals surface area (Å²) < 4.78 is 5.80. The van der Waals surface area contributed by atoms with Crippen LogP contribution in [-0.4, -0.2) is 34.8 Å². The number of amides is 3. The van der Waals surface area contributed by atoms with E-state index in [-0.39, 0.29) is 42.3 Å². The van der Waals surface area contributed by atoms with Crippen LogP contribution in [0.4, 0.5) is 10.5 Å². The molecule has 0 atom stereocenters. The number of carbonyl (C=O) groups is 2. The van der Waals surface area contributed by atoms with Gasteiger partial charge in [-0.2, -0.15) is 0 Å². The molecule has 1 N–H and O–H groups in total. The van der Waals surface area contributed by atoms with E-state index in [1.54, 1.807) is 15.9 Å². The monoisotopic (exact) mass is 595 g/mol. The summed E-state index contributed by atoms with van der Waals surface area (Å²) in [5, 5.41) is 3.67. The normalized spacial score (nSPS) is 11.3. The molecule has 0 radical (unpaired) electrons.